The highest BCUT2D eigenvalue weighted by Gasteiger charge is 2.27. The van der Waals surface area contributed by atoms with E-state index in [1.807, 2.05) is 36.4 Å². The Hall–Kier alpha value is -3.09. The topological polar surface area (TPSA) is 51.2 Å². The standard InChI is InChI=1S/C20H17F3N2O2/c21-20(22,23)12-11-19(26)25-15-7-9-17(10-8-15)27-13-16-6-5-14-3-1-2-4-18(14)24-16/h1-10H,11-13H2,(H,25,26). The molecule has 0 saturated heterocycles. The van der Waals surface area contributed by atoms with E-state index in [1.54, 1.807) is 24.3 Å². The molecule has 1 N–H and O–H groups in total. The molecule has 0 spiro atoms. The van der Waals surface area contributed by atoms with Crippen molar-refractivity contribution in [3.63, 3.8) is 0 Å². The summed E-state index contributed by atoms with van der Waals surface area (Å²) in [5.41, 5.74) is 2.08. The van der Waals surface area contributed by atoms with Crippen molar-refractivity contribution < 1.29 is 22.7 Å². The minimum absolute atomic E-state index is 0.280. The smallest absolute Gasteiger partial charge is 0.389 e. The number of amides is 1. The monoisotopic (exact) mass is 374 g/mol. The molecule has 0 saturated carbocycles. The summed E-state index contributed by atoms with van der Waals surface area (Å²) in [5, 5.41) is 3.48. The molecule has 2 aromatic carbocycles. The predicted molar refractivity (Wildman–Crippen MR) is 96.4 cm³/mol. The van der Waals surface area contributed by atoms with Crippen LogP contribution in [0.15, 0.2) is 60.7 Å². The number of pyridine rings is 1. The molecule has 27 heavy (non-hydrogen) atoms. The van der Waals surface area contributed by atoms with Crippen molar-refractivity contribution >= 4 is 22.5 Å². The van der Waals surface area contributed by atoms with Crippen LogP contribution in [0.5, 0.6) is 5.75 Å². The molecule has 0 radical (unpaired) electrons. The molecular formula is C20H17F3N2O2. The SMILES string of the molecule is O=C(CCC(F)(F)F)Nc1ccc(OCc2ccc3ccccc3n2)cc1. The third kappa shape index (κ3) is 5.70. The summed E-state index contributed by atoms with van der Waals surface area (Å²) in [5.74, 6) is -0.111. The number of alkyl halides is 3. The summed E-state index contributed by atoms with van der Waals surface area (Å²) in [6.07, 6.45) is -6.08. The molecule has 7 heteroatoms. The molecule has 0 aliphatic heterocycles. The second-order valence-corrected chi connectivity index (χ2v) is 5.97. The second kappa shape index (κ2) is 8.07. The zero-order valence-electron chi connectivity index (χ0n) is 14.3. The fraction of sp³-hybridized carbons (Fsp3) is 0.200. The molecule has 1 aromatic heterocycles. The Morgan fingerprint density at radius 3 is 2.48 bits per heavy atom. The number of hydrogen-bond donors (Lipinski definition) is 1. The van der Waals surface area contributed by atoms with E-state index in [0.29, 0.717) is 11.4 Å². The van der Waals surface area contributed by atoms with Gasteiger partial charge < -0.3 is 10.1 Å². The first-order valence-corrected chi connectivity index (χ1v) is 8.33. The summed E-state index contributed by atoms with van der Waals surface area (Å²) in [6, 6.07) is 18.1. The van der Waals surface area contributed by atoms with Crippen LogP contribution < -0.4 is 10.1 Å². The highest BCUT2D eigenvalue weighted by Crippen LogP contribution is 2.22. The summed E-state index contributed by atoms with van der Waals surface area (Å²) < 4.78 is 42.0. The molecule has 4 nitrogen and oxygen atoms in total. The fourth-order valence-electron chi connectivity index (χ4n) is 2.46. The minimum atomic E-state index is -4.34. The molecule has 1 amide bonds. The third-order valence-corrected chi connectivity index (χ3v) is 3.82. The van der Waals surface area contributed by atoms with Crippen LogP contribution in [0.2, 0.25) is 0 Å². The quantitative estimate of drug-likeness (QED) is 0.653. The van der Waals surface area contributed by atoms with Gasteiger partial charge in [0, 0.05) is 17.5 Å². The maximum Gasteiger partial charge on any atom is 0.389 e. The van der Waals surface area contributed by atoms with Crippen molar-refractivity contribution in [2.75, 3.05) is 5.32 Å². The van der Waals surface area contributed by atoms with Gasteiger partial charge in [-0.3, -0.25) is 4.79 Å². The Morgan fingerprint density at radius 2 is 1.74 bits per heavy atom. The molecule has 0 unspecified atom stereocenters. The van der Waals surface area contributed by atoms with E-state index in [4.69, 9.17) is 4.74 Å². The number of carbonyl (C=O) groups excluding carboxylic acids is 1. The van der Waals surface area contributed by atoms with Gasteiger partial charge >= 0.3 is 6.18 Å². The Kier molecular flexibility index (Phi) is 5.59. The van der Waals surface area contributed by atoms with Crippen LogP contribution in [0.1, 0.15) is 18.5 Å². The van der Waals surface area contributed by atoms with Crippen molar-refractivity contribution in [1.29, 1.82) is 0 Å². The van der Waals surface area contributed by atoms with Crippen LogP contribution >= 0.6 is 0 Å². The van der Waals surface area contributed by atoms with Crippen LogP contribution in [-0.2, 0) is 11.4 Å². The van der Waals surface area contributed by atoms with E-state index in [2.05, 4.69) is 10.3 Å². The van der Waals surface area contributed by atoms with Crippen molar-refractivity contribution in [2.45, 2.75) is 25.6 Å². The van der Waals surface area contributed by atoms with Crippen LogP contribution in [0.3, 0.4) is 0 Å². The highest BCUT2D eigenvalue weighted by atomic mass is 19.4. The first-order valence-electron chi connectivity index (χ1n) is 8.33. The molecule has 0 fully saturated rings. The molecule has 3 aromatic rings. The fourth-order valence-corrected chi connectivity index (χ4v) is 2.46. The molecule has 140 valence electrons. The first kappa shape index (κ1) is 18.7. The van der Waals surface area contributed by atoms with Gasteiger partial charge in [0.15, 0.2) is 0 Å². The zero-order chi connectivity index (χ0) is 19.3. The van der Waals surface area contributed by atoms with Crippen molar-refractivity contribution in [1.82, 2.24) is 4.98 Å². The van der Waals surface area contributed by atoms with E-state index < -0.39 is 24.9 Å². The zero-order valence-corrected chi connectivity index (χ0v) is 14.3. The molecule has 0 bridgehead atoms. The lowest BCUT2D eigenvalue weighted by atomic mass is 10.2. The number of benzene rings is 2. The van der Waals surface area contributed by atoms with Gasteiger partial charge in [-0.15, -0.1) is 0 Å². The van der Waals surface area contributed by atoms with Crippen molar-refractivity contribution in [3.8, 4) is 5.75 Å². The van der Waals surface area contributed by atoms with Gasteiger partial charge in [0.2, 0.25) is 5.91 Å². The number of nitrogens with zero attached hydrogens (tertiary/aromatic N) is 1. The number of fused-ring (bicyclic) bond motifs is 1. The molecule has 1 heterocycles. The average molecular weight is 374 g/mol. The Morgan fingerprint density at radius 1 is 1.00 bits per heavy atom. The number of carbonyl (C=O) groups is 1. The van der Waals surface area contributed by atoms with E-state index in [0.717, 1.165) is 16.6 Å². The van der Waals surface area contributed by atoms with Gasteiger partial charge in [-0.1, -0.05) is 24.3 Å². The van der Waals surface area contributed by atoms with Gasteiger partial charge in [0.1, 0.15) is 12.4 Å². The van der Waals surface area contributed by atoms with Crippen molar-refractivity contribution in [2.24, 2.45) is 0 Å². The summed E-state index contributed by atoms with van der Waals surface area (Å²) in [6.45, 7) is 0.280. The first-order chi connectivity index (χ1) is 12.9. The number of para-hydroxylation sites is 1. The van der Waals surface area contributed by atoms with Gasteiger partial charge in [-0.25, -0.2) is 4.98 Å². The van der Waals surface area contributed by atoms with Crippen LogP contribution in [0.4, 0.5) is 18.9 Å². The molecule has 0 aliphatic carbocycles. The maximum atomic E-state index is 12.1. The van der Waals surface area contributed by atoms with E-state index in [1.165, 1.54) is 0 Å². The normalized spacial score (nSPS) is 11.4. The maximum absolute atomic E-state index is 12.1. The van der Waals surface area contributed by atoms with Crippen LogP contribution in [-0.4, -0.2) is 17.1 Å². The Bertz CT molecular complexity index is 924. The lowest BCUT2D eigenvalue weighted by molar-refractivity contribution is -0.142. The summed E-state index contributed by atoms with van der Waals surface area (Å²) in [7, 11) is 0. The molecule has 3 rings (SSSR count). The Labute approximate surface area is 154 Å². The number of rotatable bonds is 6. The lowest BCUT2D eigenvalue weighted by Crippen LogP contribution is -2.16. The lowest BCUT2D eigenvalue weighted by Gasteiger charge is -2.09. The predicted octanol–water partition coefficient (Wildman–Crippen LogP) is 5.09. The number of ether oxygens (including phenoxy) is 1. The third-order valence-electron chi connectivity index (χ3n) is 3.82. The number of nitrogens with one attached hydrogen (secondary N) is 1. The number of hydrogen-bond acceptors (Lipinski definition) is 3. The van der Waals surface area contributed by atoms with Crippen LogP contribution in [0, 0.1) is 0 Å². The minimum Gasteiger partial charge on any atom is -0.487 e. The van der Waals surface area contributed by atoms with E-state index in [9.17, 15) is 18.0 Å². The number of anilines is 1. The molecule has 0 aliphatic rings. The van der Waals surface area contributed by atoms with Crippen LogP contribution in [0.25, 0.3) is 10.9 Å². The molecular weight excluding hydrogens is 357 g/mol. The Balaban J connectivity index is 1.53. The van der Waals surface area contributed by atoms with Gasteiger partial charge in [0.25, 0.3) is 0 Å². The summed E-state index contributed by atoms with van der Waals surface area (Å²) >= 11 is 0. The molecule has 0 atom stereocenters. The van der Waals surface area contributed by atoms with Gasteiger partial charge in [0.05, 0.1) is 17.6 Å². The largest absolute Gasteiger partial charge is 0.487 e. The number of aromatic nitrogens is 1. The number of halogens is 3. The average Bonchev–Trinajstić information content (AvgIpc) is 2.65. The van der Waals surface area contributed by atoms with Gasteiger partial charge in [-0.05, 0) is 36.4 Å². The summed E-state index contributed by atoms with van der Waals surface area (Å²) in [4.78, 5) is 16.0. The van der Waals surface area contributed by atoms with E-state index in [-0.39, 0.29) is 6.61 Å². The van der Waals surface area contributed by atoms with E-state index >= 15 is 0 Å². The van der Waals surface area contributed by atoms with Crippen molar-refractivity contribution in [3.05, 3.63) is 66.4 Å². The van der Waals surface area contributed by atoms with Gasteiger partial charge in [-0.2, -0.15) is 13.2 Å². The highest BCUT2D eigenvalue weighted by molar-refractivity contribution is 5.90. The second-order valence-electron chi connectivity index (χ2n) is 5.97.